The molecule has 1 saturated heterocycles. The largest absolute Gasteiger partial charge is 0.444 e. The van der Waals surface area contributed by atoms with E-state index in [-0.39, 0.29) is 0 Å². The number of amides is 1. The second-order valence-electron chi connectivity index (χ2n) is 8.78. The first-order valence-corrected chi connectivity index (χ1v) is 11.4. The number of fused-ring (bicyclic) bond motifs is 1. The van der Waals surface area contributed by atoms with E-state index in [4.69, 9.17) is 4.74 Å². The number of anilines is 1. The van der Waals surface area contributed by atoms with Crippen LogP contribution in [0.3, 0.4) is 0 Å². The Morgan fingerprint density at radius 2 is 1.94 bits per heavy atom. The molecule has 0 bridgehead atoms. The van der Waals surface area contributed by atoms with Crippen molar-refractivity contribution in [1.82, 2.24) is 25.5 Å². The normalized spacial score (nSPS) is 15.9. The van der Waals surface area contributed by atoms with E-state index in [1.165, 1.54) is 0 Å². The molecule has 32 heavy (non-hydrogen) atoms. The highest BCUT2D eigenvalue weighted by Crippen LogP contribution is 2.35. The van der Waals surface area contributed by atoms with Crippen LogP contribution < -0.4 is 10.2 Å². The van der Waals surface area contributed by atoms with Crippen molar-refractivity contribution in [2.75, 3.05) is 18.0 Å². The summed E-state index contributed by atoms with van der Waals surface area (Å²) in [7, 11) is 0. The smallest absolute Gasteiger partial charge is 0.408 e. The lowest BCUT2D eigenvalue weighted by molar-refractivity contribution is 0.0431. The first-order chi connectivity index (χ1) is 15.2. The number of benzene rings is 1. The van der Waals surface area contributed by atoms with Crippen LogP contribution in [-0.4, -0.2) is 44.9 Å². The van der Waals surface area contributed by atoms with E-state index in [2.05, 4.69) is 54.1 Å². The minimum atomic E-state index is -0.583. The molecule has 9 nitrogen and oxygen atoms in total. The van der Waals surface area contributed by atoms with Gasteiger partial charge in [-0.15, -0.1) is 0 Å². The van der Waals surface area contributed by atoms with Gasteiger partial charge in [-0.25, -0.2) is 9.78 Å². The lowest BCUT2D eigenvalue weighted by atomic mass is 9.81. The van der Waals surface area contributed by atoms with Crippen molar-refractivity contribution in [2.24, 2.45) is 0 Å². The van der Waals surface area contributed by atoms with Gasteiger partial charge < -0.3 is 15.0 Å². The fourth-order valence-corrected chi connectivity index (χ4v) is 4.55. The van der Waals surface area contributed by atoms with Crippen LogP contribution in [0.5, 0.6) is 0 Å². The van der Waals surface area contributed by atoms with Crippen molar-refractivity contribution >= 4 is 45.7 Å². The Morgan fingerprint density at radius 1 is 1.25 bits per heavy atom. The fraction of sp³-hybridized carbons (Fsp3) is 0.409. The van der Waals surface area contributed by atoms with Gasteiger partial charge >= 0.3 is 6.09 Å². The summed E-state index contributed by atoms with van der Waals surface area (Å²) in [5, 5.41) is 20.4. The maximum Gasteiger partial charge on any atom is 0.408 e. The van der Waals surface area contributed by atoms with E-state index in [0.717, 1.165) is 9.26 Å². The molecule has 3 heterocycles. The summed E-state index contributed by atoms with van der Waals surface area (Å²) < 4.78 is 6.28. The minimum absolute atomic E-state index is 0.301. The Hall–Kier alpha value is -2.94. The number of nitrogens with one attached hydrogen (secondary N) is 2. The molecule has 166 valence electrons. The van der Waals surface area contributed by atoms with E-state index in [0.29, 0.717) is 48.6 Å². The number of hydrogen-bond donors (Lipinski definition) is 2. The average molecular weight is 545 g/mol. The highest BCUT2D eigenvalue weighted by Gasteiger charge is 2.39. The number of nitriles is 1. The number of rotatable bonds is 3. The molecular formula is C22H24IN7O2. The van der Waals surface area contributed by atoms with Crippen LogP contribution in [0.2, 0.25) is 0 Å². The van der Waals surface area contributed by atoms with Crippen molar-refractivity contribution in [1.29, 1.82) is 5.26 Å². The second-order valence-corrected chi connectivity index (χ2v) is 9.86. The summed E-state index contributed by atoms with van der Waals surface area (Å²) in [6.07, 6.45) is 0.834. The van der Waals surface area contributed by atoms with E-state index < -0.39 is 17.2 Å². The molecule has 3 aromatic rings. The van der Waals surface area contributed by atoms with Crippen molar-refractivity contribution in [2.45, 2.75) is 44.8 Å². The maximum atomic E-state index is 12.7. The first-order valence-electron chi connectivity index (χ1n) is 10.3. The number of H-pyrrole nitrogens is 1. The van der Waals surface area contributed by atoms with E-state index in [1.807, 2.05) is 56.0 Å². The number of alkyl carbamates (subject to hydrolysis) is 1. The summed E-state index contributed by atoms with van der Waals surface area (Å²) >= 11 is 2.08. The van der Waals surface area contributed by atoms with Crippen LogP contribution in [0.4, 0.5) is 10.7 Å². The first kappa shape index (κ1) is 22.3. The summed E-state index contributed by atoms with van der Waals surface area (Å²) in [5.41, 5.74) is 0.657. The minimum Gasteiger partial charge on any atom is -0.444 e. The zero-order valence-corrected chi connectivity index (χ0v) is 20.3. The molecule has 1 aliphatic heterocycles. The SMILES string of the molecule is CC(C)(C)OC(=O)NC1(c2ccccc2)CCN(c2nc(C#N)c3c(I)[nH]nc3n2)CC1. The van der Waals surface area contributed by atoms with Crippen LogP contribution in [0.1, 0.15) is 44.9 Å². The summed E-state index contributed by atoms with van der Waals surface area (Å²) in [6, 6.07) is 12.1. The predicted octanol–water partition coefficient (Wildman–Crippen LogP) is 3.85. The molecule has 0 atom stereocenters. The molecule has 10 heteroatoms. The second kappa shape index (κ2) is 8.54. The summed E-state index contributed by atoms with van der Waals surface area (Å²) in [4.78, 5) is 23.7. The highest BCUT2D eigenvalue weighted by atomic mass is 127. The van der Waals surface area contributed by atoms with Crippen molar-refractivity contribution < 1.29 is 9.53 Å². The van der Waals surface area contributed by atoms with Crippen molar-refractivity contribution in [3.05, 3.63) is 45.3 Å². The van der Waals surface area contributed by atoms with Crippen LogP contribution in [0.15, 0.2) is 30.3 Å². The van der Waals surface area contributed by atoms with Gasteiger partial charge in [0.15, 0.2) is 11.3 Å². The Bertz CT molecular complexity index is 1170. The zero-order chi connectivity index (χ0) is 22.9. The molecule has 0 radical (unpaired) electrons. The number of hydrogen-bond acceptors (Lipinski definition) is 7. The monoisotopic (exact) mass is 545 g/mol. The van der Waals surface area contributed by atoms with Gasteiger partial charge in [0.1, 0.15) is 15.4 Å². The molecule has 0 spiro atoms. The molecule has 2 N–H and O–H groups in total. The number of piperidine rings is 1. The number of carbonyl (C=O) groups excluding carboxylic acids is 1. The molecule has 2 aromatic heterocycles. The molecular weight excluding hydrogens is 521 g/mol. The topological polar surface area (TPSA) is 120 Å². The third-order valence-corrected chi connectivity index (χ3v) is 6.21. The summed E-state index contributed by atoms with van der Waals surface area (Å²) in [6.45, 7) is 6.74. The van der Waals surface area contributed by atoms with E-state index in [9.17, 15) is 10.1 Å². The highest BCUT2D eigenvalue weighted by molar-refractivity contribution is 14.1. The molecule has 4 rings (SSSR count). The van der Waals surface area contributed by atoms with E-state index in [1.54, 1.807) is 0 Å². The summed E-state index contributed by atoms with van der Waals surface area (Å²) in [5.74, 6) is 0.468. The molecule has 0 aliphatic carbocycles. The van der Waals surface area contributed by atoms with Crippen LogP contribution in [0, 0.1) is 15.0 Å². The fourth-order valence-electron chi connectivity index (χ4n) is 3.93. The number of aromatic amines is 1. The average Bonchev–Trinajstić information content (AvgIpc) is 3.13. The lowest BCUT2D eigenvalue weighted by Gasteiger charge is -2.42. The quantitative estimate of drug-likeness (QED) is 0.480. The number of ether oxygens (including phenoxy) is 1. The zero-order valence-electron chi connectivity index (χ0n) is 18.1. The van der Waals surface area contributed by atoms with Gasteiger partial charge in [0, 0.05) is 13.1 Å². The molecule has 1 amide bonds. The Kier molecular flexibility index (Phi) is 5.94. The molecule has 1 fully saturated rings. The van der Waals surface area contributed by atoms with Gasteiger partial charge in [-0.2, -0.15) is 15.3 Å². The Labute approximate surface area is 199 Å². The van der Waals surface area contributed by atoms with Gasteiger partial charge in [0.25, 0.3) is 0 Å². The lowest BCUT2D eigenvalue weighted by Crippen LogP contribution is -2.54. The molecule has 0 unspecified atom stereocenters. The molecule has 0 saturated carbocycles. The van der Waals surface area contributed by atoms with Crippen LogP contribution >= 0.6 is 22.6 Å². The van der Waals surface area contributed by atoms with Gasteiger partial charge in [-0.05, 0) is 61.8 Å². The van der Waals surface area contributed by atoms with Crippen LogP contribution in [0.25, 0.3) is 11.0 Å². The third-order valence-electron chi connectivity index (χ3n) is 5.43. The number of halogens is 1. The third kappa shape index (κ3) is 4.48. The van der Waals surface area contributed by atoms with Gasteiger partial charge in [0.05, 0.1) is 10.9 Å². The standard InChI is InChI=1S/C22H24IN7O2/c1-21(2,3)32-20(31)27-22(14-7-5-4-6-8-14)9-11-30(12-10-22)19-25-15(13-24)16-17(23)28-29-18(16)26-19/h4-8H,9-12H2,1-3H3,(H,27,31)(H,25,26,28,29). The van der Waals surface area contributed by atoms with Gasteiger partial charge in [0.2, 0.25) is 5.95 Å². The number of aromatic nitrogens is 4. The molecule has 1 aromatic carbocycles. The predicted molar refractivity (Wildman–Crippen MR) is 128 cm³/mol. The van der Waals surface area contributed by atoms with E-state index >= 15 is 0 Å². The number of nitrogens with zero attached hydrogens (tertiary/aromatic N) is 5. The number of carbonyl (C=O) groups is 1. The Balaban J connectivity index is 1.60. The van der Waals surface area contributed by atoms with Crippen LogP contribution in [-0.2, 0) is 10.3 Å². The van der Waals surface area contributed by atoms with Crippen molar-refractivity contribution in [3.8, 4) is 6.07 Å². The van der Waals surface area contributed by atoms with Gasteiger partial charge in [-0.3, -0.25) is 5.10 Å². The van der Waals surface area contributed by atoms with Gasteiger partial charge in [-0.1, -0.05) is 30.3 Å². The molecule has 1 aliphatic rings. The maximum absolute atomic E-state index is 12.7. The Morgan fingerprint density at radius 3 is 2.56 bits per heavy atom. The van der Waals surface area contributed by atoms with Crippen molar-refractivity contribution in [3.63, 3.8) is 0 Å².